The van der Waals surface area contributed by atoms with Gasteiger partial charge in [-0.25, -0.2) is 0 Å². The Bertz CT molecular complexity index is 492. The van der Waals surface area contributed by atoms with Crippen LogP contribution < -0.4 is 11.1 Å². The predicted octanol–water partition coefficient (Wildman–Crippen LogP) is 1.10. The molecule has 4 N–H and O–H groups in total. The highest BCUT2D eigenvalue weighted by Crippen LogP contribution is 2.47. The Morgan fingerprint density at radius 3 is 2.79 bits per heavy atom. The molecule has 1 fully saturated rings. The van der Waals surface area contributed by atoms with E-state index >= 15 is 0 Å². The van der Waals surface area contributed by atoms with E-state index in [-0.39, 0.29) is 11.7 Å². The van der Waals surface area contributed by atoms with Gasteiger partial charge in [0.2, 0.25) is 0 Å². The van der Waals surface area contributed by atoms with Crippen LogP contribution in [0.5, 0.6) is 0 Å². The molecule has 0 saturated heterocycles. The van der Waals surface area contributed by atoms with E-state index in [2.05, 4.69) is 22.4 Å². The van der Waals surface area contributed by atoms with E-state index in [1.165, 1.54) is 19.0 Å². The molecule has 0 spiro atoms. The van der Waals surface area contributed by atoms with Crippen LogP contribution in [0.15, 0.2) is 23.5 Å². The van der Waals surface area contributed by atoms with E-state index in [4.69, 9.17) is 10.9 Å². The number of nitrogens with zero attached hydrogens (tertiary/aromatic N) is 2. The molecule has 1 aliphatic carbocycles. The van der Waals surface area contributed by atoms with Crippen LogP contribution in [-0.2, 0) is 0 Å². The van der Waals surface area contributed by atoms with Gasteiger partial charge in [-0.3, -0.25) is 9.78 Å². The fraction of sp³-hybridized carbons (Fsp3) is 0.462. The summed E-state index contributed by atoms with van der Waals surface area (Å²) in [6.07, 6.45) is 4.86. The molecule has 19 heavy (non-hydrogen) atoms. The van der Waals surface area contributed by atoms with Gasteiger partial charge in [0, 0.05) is 18.3 Å². The number of oxime groups is 1. The van der Waals surface area contributed by atoms with E-state index in [9.17, 15) is 4.79 Å². The monoisotopic (exact) mass is 262 g/mol. The number of amides is 1. The summed E-state index contributed by atoms with van der Waals surface area (Å²) in [5.74, 6) is -0.215. The molecule has 0 bridgehead atoms. The van der Waals surface area contributed by atoms with Gasteiger partial charge in [0.25, 0.3) is 5.91 Å². The molecule has 1 heterocycles. The number of amidine groups is 1. The Labute approximate surface area is 111 Å². The van der Waals surface area contributed by atoms with Gasteiger partial charge in [0.1, 0.15) is 5.69 Å². The first kappa shape index (κ1) is 13.3. The molecule has 102 valence electrons. The lowest BCUT2D eigenvalue weighted by molar-refractivity contribution is 0.0939. The van der Waals surface area contributed by atoms with Crippen LogP contribution in [-0.4, -0.2) is 28.5 Å². The van der Waals surface area contributed by atoms with Crippen LogP contribution in [0.4, 0.5) is 0 Å². The summed E-state index contributed by atoms with van der Waals surface area (Å²) in [5, 5.41) is 14.3. The Balaban J connectivity index is 1.96. The maximum atomic E-state index is 11.9. The second-order valence-corrected chi connectivity index (χ2v) is 4.95. The van der Waals surface area contributed by atoms with E-state index in [1.54, 1.807) is 12.1 Å². The van der Waals surface area contributed by atoms with Crippen molar-refractivity contribution >= 4 is 11.7 Å². The number of aromatic nitrogens is 1. The molecule has 1 aromatic heterocycles. The van der Waals surface area contributed by atoms with E-state index in [0.29, 0.717) is 23.2 Å². The Kier molecular flexibility index (Phi) is 3.69. The smallest absolute Gasteiger partial charge is 0.269 e. The summed E-state index contributed by atoms with van der Waals surface area (Å²) >= 11 is 0. The van der Waals surface area contributed by atoms with Crippen LogP contribution in [0, 0.1) is 5.41 Å². The van der Waals surface area contributed by atoms with E-state index < -0.39 is 0 Å². The molecule has 2 rings (SSSR count). The van der Waals surface area contributed by atoms with Crippen molar-refractivity contribution in [3.05, 3.63) is 29.6 Å². The highest BCUT2D eigenvalue weighted by atomic mass is 16.4. The zero-order chi connectivity index (χ0) is 13.9. The molecule has 6 nitrogen and oxygen atoms in total. The summed E-state index contributed by atoms with van der Waals surface area (Å²) in [7, 11) is 0. The van der Waals surface area contributed by atoms with Crippen LogP contribution in [0.25, 0.3) is 0 Å². The minimum absolute atomic E-state index is 0.0256. The molecule has 0 unspecified atom stereocenters. The molecule has 0 aliphatic heterocycles. The highest BCUT2D eigenvalue weighted by molar-refractivity contribution is 5.98. The Morgan fingerprint density at radius 1 is 1.58 bits per heavy atom. The molecule has 1 aromatic rings. The van der Waals surface area contributed by atoms with Gasteiger partial charge in [-0.2, -0.15) is 0 Å². The number of carbonyl (C=O) groups excluding carboxylic acids is 1. The van der Waals surface area contributed by atoms with Gasteiger partial charge in [-0.15, -0.1) is 0 Å². The van der Waals surface area contributed by atoms with Crippen molar-refractivity contribution in [2.75, 3.05) is 6.54 Å². The summed E-state index contributed by atoms with van der Waals surface area (Å²) in [6.45, 7) is 2.84. The van der Waals surface area contributed by atoms with E-state index in [1.807, 2.05) is 0 Å². The third-order valence-corrected chi connectivity index (χ3v) is 3.73. The number of pyridine rings is 1. The van der Waals surface area contributed by atoms with Crippen LogP contribution in [0.3, 0.4) is 0 Å². The molecule has 0 radical (unpaired) electrons. The maximum absolute atomic E-state index is 11.9. The van der Waals surface area contributed by atoms with Crippen molar-refractivity contribution < 1.29 is 10.0 Å². The van der Waals surface area contributed by atoms with Crippen LogP contribution in [0.2, 0.25) is 0 Å². The zero-order valence-corrected chi connectivity index (χ0v) is 10.9. The topological polar surface area (TPSA) is 101 Å². The third-order valence-electron chi connectivity index (χ3n) is 3.73. The summed E-state index contributed by atoms with van der Waals surface area (Å²) < 4.78 is 0. The third kappa shape index (κ3) is 3.01. The van der Waals surface area contributed by atoms with Crippen molar-refractivity contribution in [1.29, 1.82) is 0 Å². The van der Waals surface area contributed by atoms with Gasteiger partial charge < -0.3 is 16.3 Å². The minimum atomic E-state index is -0.189. The van der Waals surface area contributed by atoms with Crippen molar-refractivity contribution in [2.24, 2.45) is 16.3 Å². The second-order valence-electron chi connectivity index (χ2n) is 4.95. The van der Waals surface area contributed by atoms with Gasteiger partial charge >= 0.3 is 0 Å². The molecular weight excluding hydrogens is 244 g/mol. The number of nitrogens with one attached hydrogen (secondary N) is 1. The number of carbonyl (C=O) groups is 1. The molecule has 0 aromatic carbocycles. The molecule has 1 aliphatic rings. The lowest BCUT2D eigenvalue weighted by atomic mass is 10.0. The Morgan fingerprint density at radius 2 is 2.32 bits per heavy atom. The van der Waals surface area contributed by atoms with E-state index in [0.717, 1.165) is 6.42 Å². The first-order valence-electron chi connectivity index (χ1n) is 6.32. The summed E-state index contributed by atoms with van der Waals surface area (Å²) in [6, 6.07) is 3.16. The van der Waals surface area contributed by atoms with Gasteiger partial charge in [0.05, 0.1) is 0 Å². The lowest BCUT2D eigenvalue weighted by Crippen LogP contribution is -2.30. The Hall–Kier alpha value is -2.11. The second kappa shape index (κ2) is 5.26. The average Bonchev–Trinajstić information content (AvgIpc) is 3.25. The normalized spacial score (nSPS) is 17.0. The van der Waals surface area contributed by atoms with Crippen LogP contribution in [0.1, 0.15) is 42.2 Å². The maximum Gasteiger partial charge on any atom is 0.269 e. The molecule has 1 saturated carbocycles. The van der Waals surface area contributed by atoms with Crippen molar-refractivity contribution in [3.63, 3.8) is 0 Å². The summed E-state index contributed by atoms with van der Waals surface area (Å²) in [4.78, 5) is 15.9. The van der Waals surface area contributed by atoms with Crippen molar-refractivity contribution in [1.82, 2.24) is 10.3 Å². The first-order chi connectivity index (χ1) is 9.10. The number of rotatable bonds is 5. The van der Waals surface area contributed by atoms with Crippen molar-refractivity contribution in [2.45, 2.75) is 26.2 Å². The lowest BCUT2D eigenvalue weighted by Gasteiger charge is -2.13. The first-order valence-corrected chi connectivity index (χ1v) is 6.32. The fourth-order valence-corrected chi connectivity index (χ4v) is 1.93. The number of hydrogen-bond donors (Lipinski definition) is 3. The van der Waals surface area contributed by atoms with Crippen molar-refractivity contribution in [3.8, 4) is 0 Å². The number of nitrogens with two attached hydrogens (primary N) is 1. The zero-order valence-electron chi connectivity index (χ0n) is 10.9. The molecule has 0 atom stereocenters. The standard InChI is InChI=1S/C13H18N4O2/c1-2-13(5-6-13)8-16-12(18)10-4-3-9(7-15-10)11(14)17-19/h3-4,7,19H,2,5-6,8H2,1H3,(H2,14,17)(H,16,18). The fourth-order valence-electron chi connectivity index (χ4n) is 1.93. The van der Waals surface area contributed by atoms with Gasteiger partial charge in [-0.1, -0.05) is 12.1 Å². The van der Waals surface area contributed by atoms with Gasteiger partial charge in [0.15, 0.2) is 5.84 Å². The predicted molar refractivity (Wildman–Crippen MR) is 71.0 cm³/mol. The quantitative estimate of drug-likeness (QED) is 0.320. The molecular formula is C13H18N4O2. The van der Waals surface area contributed by atoms with Crippen LogP contribution >= 0.6 is 0 Å². The molecule has 1 amide bonds. The number of hydrogen-bond acceptors (Lipinski definition) is 4. The highest BCUT2D eigenvalue weighted by Gasteiger charge is 2.40. The largest absolute Gasteiger partial charge is 0.409 e. The minimum Gasteiger partial charge on any atom is -0.409 e. The molecule has 6 heteroatoms. The summed E-state index contributed by atoms with van der Waals surface area (Å²) in [5.41, 5.74) is 6.54. The average molecular weight is 262 g/mol. The SMILES string of the molecule is CCC1(CNC(=O)c2ccc(/C(N)=N/O)cn2)CC1. The van der Waals surface area contributed by atoms with Gasteiger partial charge in [-0.05, 0) is 36.8 Å².